The van der Waals surface area contributed by atoms with E-state index in [-0.39, 0.29) is 11.4 Å². The number of aromatic amines is 1. The normalized spacial score (nSPS) is 11.6. The average molecular weight is 268 g/mol. The van der Waals surface area contributed by atoms with Gasteiger partial charge >= 0.3 is 0 Å². The van der Waals surface area contributed by atoms with E-state index in [1.807, 2.05) is 26.8 Å². The van der Waals surface area contributed by atoms with Gasteiger partial charge in [-0.15, -0.1) is 0 Å². The molecular formula is C13H15ClFN3. The molecule has 0 aliphatic carbocycles. The van der Waals surface area contributed by atoms with Gasteiger partial charge < -0.3 is 5.32 Å². The molecule has 1 heterocycles. The van der Waals surface area contributed by atoms with Gasteiger partial charge in [0.2, 0.25) is 0 Å². The number of anilines is 1. The van der Waals surface area contributed by atoms with Gasteiger partial charge in [-0.1, -0.05) is 11.6 Å². The van der Waals surface area contributed by atoms with E-state index in [1.54, 1.807) is 6.07 Å². The van der Waals surface area contributed by atoms with Crippen molar-refractivity contribution in [2.24, 2.45) is 0 Å². The number of hydrogen-bond donors (Lipinski definition) is 2. The molecule has 0 bridgehead atoms. The molecule has 0 spiro atoms. The maximum atomic E-state index is 13.0. The molecule has 2 rings (SSSR count). The van der Waals surface area contributed by atoms with Crippen LogP contribution in [0, 0.1) is 5.82 Å². The van der Waals surface area contributed by atoms with Crippen LogP contribution in [0.5, 0.6) is 0 Å². The second kappa shape index (κ2) is 4.61. The number of hydrogen-bond acceptors (Lipinski definition) is 2. The predicted octanol–water partition coefficient (Wildman–Crippen LogP) is 4.08. The summed E-state index contributed by atoms with van der Waals surface area (Å²) in [5.74, 6) is 0.384. The lowest BCUT2D eigenvalue weighted by molar-refractivity contribution is 0.628. The Bertz CT molecular complexity index is 558. The highest BCUT2D eigenvalue weighted by atomic mass is 35.5. The first-order valence-corrected chi connectivity index (χ1v) is 6.02. The van der Waals surface area contributed by atoms with Crippen LogP contribution in [0.15, 0.2) is 24.3 Å². The van der Waals surface area contributed by atoms with E-state index >= 15 is 0 Å². The van der Waals surface area contributed by atoms with Crippen LogP contribution in [-0.4, -0.2) is 15.7 Å². The molecule has 1 aromatic heterocycles. The number of halogens is 2. The van der Waals surface area contributed by atoms with Gasteiger partial charge in [-0.25, -0.2) is 4.39 Å². The molecule has 0 aliphatic rings. The first-order valence-electron chi connectivity index (χ1n) is 5.64. The molecule has 0 amide bonds. The molecule has 0 saturated heterocycles. The number of rotatable bonds is 2. The lowest BCUT2D eigenvalue weighted by atomic mass is 10.1. The van der Waals surface area contributed by atoms with E-state index < -0.39 is 0 Å². The molecule has 5 heteroatoms. The number of H-pyrrole nitrogens is 1. The lowest BCUT2D eigenvalue weighted by Gasteiger charge is -2.19. The van der Waals surface area contributed by atoms with Gasteiger partial charge in [0.05, 0.1) is 10.7 Å². The third kappa shape index (κ3) is 3.01. The van der Waals surface area contributed by atoms with E-state index in [9.17, 15) is 4.39 Å². The molecule has 96 valence electrons. The topological polar surface area (TPSA) is 40.7 Å². The summed E-state index contributed by atoms with van der Waals surface area (Å²) in [5.41, 5.74) is 1.42. The van der Waals surface area contributed by atoms with Crippen LogP contribution >= 0.6 is 11.6 Å². The van der Waals surface area contributed by atoms with Crippen molar-refractivity contribution < 1.29 is 4.39 Å². The van der Waals surface area contributed by atoms with Crippen LogP contribution in [0.3, 0.4) is 0 Å². The maximum absolute atomic E-state index is 13.0. The van der Waals surface area contributed by atoms with Gasteiger partial charge in [-0.2, -0.15) is 5.10 Å². The van der Waals surface area contributed by atoms with Gasteiger partial charge in [-0.3, -0.25) is 5.10 Å². The fraction of sp³-hybridized carbons (Fsp3) is 0.308. The van der Waals surface area contributed by atoms with Crippen molar-refractivity contribution in [1.29, 1.82) is 0 Å². The van der Waals surface area contributed by atoms with Crippen LogP contribution in [0.1, 0.15) is 20.8 Å². The van der Waals surface area contributed by atoms with E-state index in [0.717, 1.165) is 17.1 Å². The third-order valence-corrected chi connectivity index (χ3v) is 2.61. The van der Waals surface area contributed by atoms with Crippen LogP contribution in [0.2, 0.25) is 5.02 Å². The van der Waals surface area contributed by atoms with Crippen molar-refractivity contribution in [3.63, 3.8) is 0 Å². The molecule has 1 aromatic carbocycles. The van der Waals surface area contributed by atoms with Gasteiger partial charge in [0.1, 0.15) is 11.6 Å². The average Bonchev–Trinajstić information content (AvgIpc) is 2.63. The summed E-state index contributed by atoms with van der Waals surface area (Å²) in [6.07, 6.45) is 0. The van der Waals surface area contributed by atoms with E-state index in [4.69, 9.17) is 11.6 Å². The molecule has 0 radical (unpaired) electrons. The molecule has 0 aliphatic heterocycles. The zero-order valence-corrected chi connectivity index (χ0v) is 11.3. The number of nitrogens with one attached hydrogen (secondary N) is 2. The van der Waals surface area contributed by atoms with Crippen molar-refractivity contribution in [2.75, 3.05) is 5.32 Å². The zero-order chi connectivity index (χ0) is 13.3. The monoisotopic (exact) mass is 267 g/mol. The maximum Gasteiger partial charge on any atom is 0.148 e. The Balaban J connectivity index is 2.29. The first kappa shape index (κ1) is 12.9. The third-order valence-electron chi connectivity index (χ3n) is 2.30. The quantitative estimate of drug-likeness (QED) is 0.861. The zero-order valence-electron chi connectivity index (χ0n) is 10.5. The Morgan fingerprint density at radius 2 is 2.00 bits per heavy atom. The highest BCUT2D eigenvalue weighted by Crippen LogP contribution is 2.28. The summed E-state index contributed by atoms with van der Waals surface area (Å²) in [7, 11) is 0. The van der Waals surface area contributed by atoms with Crippen LogP contribution in [0.4, 0.5) is 10.2 Å². The van der Waals surface area contributed by atoms with Crippen molar-refractivity contribution in [3.05, 3.63) is 35.1 Å². The minimum absolute atomic E-state index is 0.0704. The molecule has 0 fully saturated rings. The molecule has 2 N–H and O–H groups in total. The molecule has 2 aromatic rings. The van der Waals surface area contributed by atoms with E-state index in [2.05, 4.69) is 15.5 Å². The van der Waals surface area contributed by atoms with Crippen LogP contribution in [0.25, 0.3) is 11.3 Å². The fourth-order valence-electron chi connectivity index (χ4n) is 1.62. The SMILES string of the molecule is CC(C)(C)Nc1cc(-c2ccc(F)cc2Cl)[nH]n1. The number of benzene rings is 1. The summed E-state index contributed by atoms with van der Waals surface area (Å²) in [6, 6.07) is 6.14. The minimum atomic E-state index is -0.351. The lowest BCUT2D eigenvalue weighted by Crippen LogP contribution is -2.26. The molecule has 3 nitrogen and oxygen atoms in total. The molecule has 0 atom stereocenters. The Labute approximate surface area is 110 Å². The summed E-state index contributed by atoms with van der Waals surface area (Å²) in [6.45, 7) is 6.14. The summed E-state index contributed by atoms with van der Waals surface area (Å²) >= 11 is 6.00. The van der Waals surface area contributed by atoms with Crippen molar-refractivity contribution >= 4 is 17.4 Å². The number of nitrogens with zero attached hydrogens (tertiary/aromatic N) is 1. The number of aromatic nitrogens is 2. The van der Waals surface area contributed by atoms with E-state index in [1.165, 1.54) is 12.1 Å². The Morgan fingerprint density at radius 1 is 1.28 bits per heavy atom. The summed E-state index contributed by atoms with van der Waals surface area (Å²) in [5, 5.41) is 10.6. The van der Waals surface area contributed by atoms with Gasteiger partial charge in [0.25, 0.3) is 0 Å². The first-order chi connectivity index (χ1) is 8.35. The van der Waals surface area contributed by atoms with Gasteiger partial charge in [0, 0.05) is 17.2 Å². The van der Waals surface area contributed by atoms with Crippen LogP contribution < -0.4 is 5.32 Å². The largest absolute Gasteiger partial charge is 0.364 e. The Kier molecular flexibility index (Phi) is 3.30. The predicted molar refractivity (Wildman–Crippen MR) is 72.4 cm³/mol. The van der Waals surface area contributed by atoms with Crippen molar-refractivity contribution in [3.8, 4) is 11.3 Å². The Hall–Kier alpha value is -1.55. The highest BCUT2D eigenvalue weighted by molar-refractivity contribution is 6.33. The minimum Gasteiger partial charge on any atom is -0.364 e. The molecular weight excluding hydrogens is 253 g/mol. The smallest absolute Gasteiger partial charge is 0.148 e. The van der Waals surface area contributed by atoms with Gasteiger partial charge in [-0.05, 0) is 39.0 Å². The molecule has 0 unspecified atom stereocenters. The van der Waals surface area contributed by atoms with Crippen molar-refractivity contribution in [2.45, 2.75) is 26.3 Å². The summed E-state index contributed by atoms with van der Waals surface area (Å²) in [4.78, 5) is 0. The Morgan fingerprint density at radius 3 is 2.61 bits per heavy atom. The standard InChI is InChI=1S/C13H15ClFN3/c1-13(2,3)16-12-7-11(17-18-12)9-5-4-8(15)6-10(9)14/h4-7H,1-3H3,(H2,16,17,18). The second-order valence-electron chi connectivity index (χ2n) is 5.17. The highest BCUT2D eigenvalue weighted by Gasteiger charge is 2.13. The second-order valence-corrected chi connectivity index (χ2v) is 5.57. The van der Waals surface area contributed by atoms with Crippen molar-refractivity contribution in [1.82, 2.24) is 10.2 Å². The summed E-state index contributed by atoms with van der Waals surface area (Å²) < 4.78 is 13.0. The van der Waals surface area contributed by atoms with E-state index in [0.29, 0.717) is 5.02 Å². The fourth-order valence-corrected chi connectivity index (χ4v) is 1.88. The molecule has 0 saturated carbocycles. The van der Waals surface area contributed by atoms with Gasteiger partial charge in [0.15, 0.2) is 0 Å². The van der Waals surface area contributed by atoms with Crippen LogP contribution in [-0.2, 0) is 0 Å². The molecule has 18 heavy (non-hydrogen) atoms.